The molecule has 3 heteroatoms. The molecule has 0 aliphatic heterocycles. The summed E-state index contributed by atoms with van der Waals surface area (Å²) in [5.74, 6) is 0.807. The molecule has 0 bridgehead atoms. The predicted molar refractivity (Wildman–Crippen MR) is 67.3 cm³/mol. The maximum Gasteiger partial charge on any atom is 0.0338 e. The van der Waals surface area contributed by atoms with Crippen molar-refractivity contribution in [2.45, 2.75) is 37.5 Å². The summed E-state index contributed by atoms with van der Waals surface area (Å²) in [5, 5.41) is 2.58. The average molecular weight is 294 g/mol. The molecule has 78 valence electrons. The molecule has 2 unspecified atom stereocenters. The van der Waals surface area contributed by atoms with Crippen molar-refractivity contribution in [2.24, 2.45) is 5.92 Å². The molecular formula is C11H14BrClS. The van der Waals surface area contributed by atoms with Crippen LogP contribution in [-0.2, 0) is 6.42 Å². The second-order valence-electron chi connectivity index (χ2n) is 4.03. The molecule has 0 aromatic carbocycles. The van der Waals surface area contributed by atoms with Gasteiger partial charge >= 0.3 is 0 Å². The molecule has 0 nitrogen and oxygen atoms in total. The lowest BCUT2D eigenvalue weighted by molar-refractivity contribution is 0.363. The summed E-state index contributed by atoms with van der Waals surface area (Å²) in [6, 6.07) is 2.14. The Balaban J connectivity index is 1.94. The number of hydrogen-bond donors (Lipinski definition) is 0. The van der Waals surface area contributed by atoms with E-state index in [1.165, 1.54) is 41.5 Å². The Morgan fingerprint density at radius 3 is 3.00 bits per heavy atom. The fraction of sp³-hybridized carbons (Fsp3) is 0.636. The van der Waals surface area contributed by atoms with E-state index in [1.54, 1.807) is 0 Å². The van der Waals surface area contributed by atoms with E-state index in [9.17, 15) is 0 Å². The summed E-state index contributed by atoms with van der Waals surface area (Å²) in [4.78, 5) is 1.49. The fourth-order valence-electron chi connectivity index (χ4n) is 2.14. The minimum absolute atomic E-state index is 0.424. The van der Waals surface area contributed by atoms with E-state index >= 15 is 0 Å². The molecular weight excluding hydrogens is 280 g/mol. The molecule has 1 aliphatic carbocycles. The molecule has 0 saturated heterocycles. The van der Waals surface area contributed by atoms with Gasteiger partial charge in [0, 0.05) is 14.7 Å². The highest BCUT2D eigenvalue weighted by Crippen LogP contribution is 2.33. The minimum Gasteiger partial charge on any atom is -0.148 e. The average Bonchev–Trinajstić information content (AvgIpc) is 2.52. The van der Waals surface area contributed by atoms with Crippen LogP contribution in [0.2, 0.25) is 0 Å². The van der Waals surface area contributed by atoms with Crippen molar-refractivity contribution in [1.29, 1.82) is 0 Å². The van der Waals surface area contributed by atoms with Gasteiger partial charge in [-0.1, -0.05) is 6.42 Å². The van der Waals surface area contributed by atoms with Gasteiger partial charge in [0.1, 0.15) is 0 Å². The van der Waals surface area contributed by atoms with Gasteiger partial charge in [0.15, 0.2) is 0 Å². The van der Waals surface area contributed by atoms with Crippen LogP contribution in [0.4, 0.5) is 0 Å². The molecule has 14 heavy (non-hydrogen) atoms. The lowest BCUT2D eigenvalue weighted by Crippen LogP contribution is -2.17. The van der Waals surface area contributed by atoms with Gasteiger partial charge in [-0.15, -0.1) is 22.9 Å². The highest BCUT2D eigenvalue weighted by molar-refractivity contribution is 9.10. The SMILES string of the molecule is ClC1CCCC(Cc2sccc2Br)C1. The van der Waals surface area contributed by atoms with E-state index in [-0.39, 0.29) is 0 Å². The van der Waals surface area contributed by atoms with Crippen molar-refractivity contribution in [3.63, 3.8) is 0 Å². The van der Waals surface area contributed by atoms with Gasteiger partial charge < -0.3 is 0 Å². The zero-order valence-electron chi connectivity index (χ0n) is 8.01. The van der Waals surface area contributed by atoms with Gasteiger partial charge in [-0.05, 0) is 59.0 Å². The largest absolute Gasteiger partial charge is 0.148 e. The Kier molecular flexibility index (Phi) is 3.92. The Bertz CT molecular complexity index is 297. The van der Waals surface area contributed by atoms with Crippen LogP contribution >= 0.6 is 38.9 Å². The van der Waals surface area contributed by atoms with E-state index in [0.717, 1.165) is 5.92 Å². The number of hydrogen-bond acceptors (Lipinski definition) is 1. The van der Waals surface area contributed by atoms with Crippen molar-refractivity contribution in [2.75, 3.05) is 0 Å². The van der Waals surface area contributed by atoms with E-state index in [1.807, 2.05) is 11.3 Å². The Morgan fingerprint density at radius 2 is 2.36 bits per heavy atom. The lowest BCUT2D eigenvalue weighted by Gasteiger charge is -2.24. The summed E-state index contributed by atoms with van der Waals surface area (Å²) >= 11 is 11.6. The van der Waals surface area contributed by atoms with Gasteiger partial charge in [0.05, 0.1) is 0 Å². The highest BCUT2D eigenvalue weighted by atomic mass is 79.9. The third kappa shape index (κ3) is 2.74. The lowest BCUT2D eigenvalue weighted by atomic mass is 9.86. The molecule has 1 aliphatic rings. The summed E-state index contributed by atoms with van der Waals surface area (Å²) in [7, 11) is 0. The molecule has 0 amide bonds. The van der Waals surface area contributed by atoms with E-state index < -0.39 is 0 Å². The smallest absolute Gasteiger partial charge is 0.0338 e. The maximum absolute atomic E-state index is 6.18. The maximum atomic E-state index is 6.18. The number of alkyl halides is 1. The molecule has 1 saturated carbocycles. The van der Waals surface area contributed by atoms with Crippen molar-refractivity contribution < 1.29 is 0 Å². The number of halogens is 2. The summed E-state index contributed by atoms with van der Waals surface area (Å²) < 4.78 is 1.28. The fourth-order valence-corrected chi connectivity index (χ4v) is 4.18. The predicted octanol–water partition coefficient (Wildman–Crippen LogP) is 4.85. The number of rotatable bonds is 2. The first-order valence-corrected chi connectivity index (χ1v) is 7.22. The van der Waals surface area contributed by atoms with Crippen LogP contribution in [0.25, 0.3) is 0 Å². The highest BCUT2D eigenvalue weighted by Gasteiger charge is 2.21. The third-order valence-corrected chi connectivity index (χ3v) is 5.23. The monoisotopic (exact) mass is 292 g/mol. The molecule has 1 aromatic heterocycles. The summed E-state index contributed by atoms with van der Waals surface area (Å²) in [6.45, 7) is 0. The van der Waals surface area contributed by atoms with Crippen LogP contribution in [0.5, 0.6) is 0 Å². The molecule has 0 radical (unpaired) electrons. The van der Waals surface area contributed by atoms with Crippen LogP contribution in [0.3, 0.4) is 0 Å². The number of thiophene rings is 1. The Hall–Kier alpha value is 0.470. The molecule has 1 heterocycles. The van der Waals surface area contributed by atoms with Crippen molar-refractivity contribution >= 4 is 38.9 Å². The van der Waals surface area contributed by atoms with Crippen LogP contribution in [0.1, 0.15) is 30.6 Å². The van der Waals surface area contributed by atoms with E-state index in [2.05, 4.69) is 27.4 Å². The third-order valence-electron chi connectivity index (χ3n) is 2.88. The van der Waals surface area contributed by atoms with Crippen molar-refractivity contribution in [1.82, 2.24) is 0 Å². The first kappa shape index (κ1) is 11.0. The Labute approximate surface area is 103 Å². The van der Waals surface area contributed by atoms with Gasteiger partial charge in [-0.25, -0.2) is 0 Å². The molecule has 1 fully saturated rings. The molecule has 0 N–H and O–H groups in total. The standard InChI is InChI=1S/C11H14BrClS/c12-10-4-5-14-11(10)7-8-2-1-3-9(13)6-8/h4-5,8-9H,1-3,6-7H2. The molecule has 2 rings (SSSR count). The zero-order valence-corrected chi connectivity index (χ0v) is 11.2. The second-order valence-corrected chi connectivity index (χ2v) is 6.50. The van der Waals surface area contributed by atoms with Crippen molar-refractivity contribution in [3.05, 3.63) is 20.8 Å². The molecule has 0 spiro atoms. The molecule has 2 atom stereocenters. The van der Waals surface area contributed by atoms with Crippen LogP contribution in [0.15, 0.2) is 15.9 Å². The van der Waals surface area contributed by atoms with Crippen LogP contribution < -0.4 is 0 Å². The zero-order chi connectivity index (χ0) is 9.97. The van der Waals surface area contributed by atoms with Gasteiger partial charge in [-0.3, -0.25) is 0 Å². The van der Waals surface area contributed by atoms with E-state index in [4.69, 9.17) is 11.6 Å². The summed E-state index contributed by atoms with van der Waals surface area (Å²) in [6.07, 6.45) is 6.28. The van der Waals surface area contributed by atoms with Crippen LogP contribution in [-0.4, -0.2) is 5.38 Å². The topological polar surface area (TPSA) is 0 Å². The van der Waals surface area contributed by atoms with Gasteiger partial charge in [0.25, 0.3) is 0 Å². The van der Waals surface area contributed by atoms with Gasteiger partial charge in [-0.2, -0.15) is 0 Å². The van der Waals surface area contributed by atoms with Crippen LogP contribution in [0, 0.1) is 5.92 Å². The van der Waals surface area contributed by atoms with Crippen molar-refractivity contribution in [3.8, 4) is 0 Å². The first-order valence-electron chi connectivity index (χ1n) is 5.11. The minimum atomic E-state index is 0.424. The normalized spacial score (nSPS) is 27.9. The molecule has 1 aromatic rings. The van der Waals surface area contributed by atoms with Gasteiger partial charge in [0.2, 0.25) is 0 Å². The second kappa shape index (κ2) is 5.00. The quantitative estimate of drug-likeness (QED) is 0.684. The first-order chi connectivity index (χ1) is 6.75. The summed E-state index contributed by atoms with van der Waals surface area (Å²) in [5.41, 5.74) is 0. The van der Waals surface area contributed by atoms with E-state index in [0.29, 0.717) is 5.38 Å². The Morgan fingerprint density at radius 1 is 1.50 bits per heavy atom.